The zero-order valence-corrected chi connectivity index (χ0v) is 11.0. The lowest BCUT2D eigenvalue weighted by Crippen LogP contribution is -2.13. The van der Waals surface area contributed by atoms with Crippen molar-refractivity contribution in [2.24, 2.45) is 5.92 Å². The van der Waals surface area contributed by atoms with Gasteiger partial charge in [0.15, 0.2) is 0 Å². The molecule has 0 aliphatic heterocycles. The molecule has 6 heteroatoms. The fourth-order valence-corrected chi connectivity index (χ4v) is 2.61. The van der Waals surface area contributed by atoms with E-state index >= 15 is 0 Å². The van der Waals surface area contributed by atoms with Gasteiger partial charge in [-0.1, -0.05) is 32.1 Å². The lowest BCUT2D eigenvalue weighted by atomic mass is 9.87. The molecule has 0 atom stereocenters. The zero-order valence-electron chi connectivity index (χ0n) is 11.0. The SMILES string of the molecule is Nc1cc([N+](=O)[O-])cc(NCCC2CCCCC2)n1. The third kappa shape index (κ3) is 4.08. The molecule has 1 aromatic rings. The van der Waals surface area contributed by atoms with E-state index in [0.717, 1.165) is 18.9 Å². The minimum absolute atomic E-state index is 0.0207. The number of nitrogens with one attached hydrogen (secondary N) is 1. The molecule has 0 aromatic carbocycles. The molecule has 1 aliphatic carbocycles. The second-order valence-corrected chi connectivity index (χ2v) is 5.11. The summed E-state index contributed by atoms with van der Waals surface area (Å²) in [6, 6.07) is 2.70. The van der Waals surface area contributed by atoms with Gasteiger partial charge >= 0.3 is 0 Å². The number of rotatable bonds is 5. The number of nitrogens with zero attached hydrogens (tertiary/aromatic N) is 2. The molecule has 1 aromatic heterocycles. The van der Waals surface area contributed by atoms with E-state index in [-0.39, 0.29) is 11.5 Å². The number of hydrogen-bond donors (Lipinski definition) is 2. The van der Waals surface area contributed by atoms with E-state index < -0.39 is 4.92 Å². The Morgan fingerprint density at radius 2 is 2.11 bits per heavy atom. The van der Waals surface area contributed by atoms with E-state index in [0.29, 0.717) is 5.82 Å². The maximum Gasteiger partial charge on any atom is 0.276 e. The lowest BCUT2D eigenvalue weighted by molar-refractivity contribution is -0.384. The molecule has 0 radical (unpaired) electrons. The largest absolute Gasteiger partial charge is 0.383 e. The van der Waals surface area contributed by atoms with E-state index in [1.165, 1.54) is 44.2 Å². The van der Waals surface area contributed by atoms with Crippen LogP contribution in [0.25, 0.3) is 0 Å². The summed E-state index contributed by atoms with van der Waals surface area (Å²) in [6.07, 6.45) is 7.69. The van der Waals surface area contributed by atoms with Gasteiger partial charge in [0.25, 0.3) is 5.69 Å². The van der Waals surface area contributed by atoms with Crippen LogP contribution in [0.4, 0.5) is 17.3 Å². The molecule has 2 rings (SSSR count). The van der Waals surface area contributed by atoms with Gasteiger partial charge in [-0.2, -0.15) is 0 Å². The van der Waals surface area contributed by atoms with Crippen LogP contribution in [0.2, 0.25) is 0 Å². The maximum atomic E-state index is 10.7. The molecule has 0 saturated heterocycles. The normalized spacial score (nSPS) is 16.2. The standard InChI is InChI=1S/C13H20N4O2/c14-12-8-11(17(18)19)9-13(16-12)15-7-6-10-4-2-1-3-5-10/h8-10H,1-7H2,(H3,14,15,16). The third-order valence-electron chi connectivity index (χ3n) is 3.62. The average Bonchev–Trinajstić information content (AvgIpc) is 2.39. The van der Waals surface area contributed by atoms with Crippen LogP contribution in [0, 0.1) is 16.0 Å². The van der Waals surface area contributed by atoms with E-state index in [4.69, 9.17) is 5.73 Å². The Labute approximate surface area is 112 Å². The van der Waals surface area contributed by atoms with Crippen LogP contribution in [0.5, 0.6) is 0 Å². The van der Waals surface area contributed by atoms with Crippen molar-refractivity contribution in [2.75, 3.05) is 17.6 Å². The number of pyridine rings is 1. The van der Waals surface area contributed by atoms with Gasteiger partial charge in [-0.3, -0.25) is 10.1 Å². The van der Waals surface area contributed by atoms with Crippen LogP contribution >= 0.6 is 0 Å². The summed E-state index contributed by atoms with van der Waals surface area (Å²) in [7, 11) is 0. The predicted octanol–water partition coefficient (Wildman–Crippen LogP) is 2.95. The first-order valence-electron chi connectivity index (χ1n) is 6.81. The van der Waals surface area contributed by atoms with Crippen molar-refractivity contribution in [1.29, 1.82) is 0 Å². The summed E-state index contributed by atoms with van der Waals surface area (Å²) < 4.78 is 0. The predicted molar refractivity (Wildman–Crippen MR) is 75.0 cm³/mol. The van der Waals surface area contributed by atoms with Gasteiger partial charge in [0.2, 0.25) is 0 Å². The van der Waals surface area contributed by atoms with Crippen LogP contribution in [0.1, 0.15) is 38.5 Å². The summed E-state index contributed by atoms with van der Waals surface area (Å²) in [6.45, 7) is 0.790. The van der Waals surface area contributed by atoms with Gasteiger partial charge in [-0.05, 0) is 12.3 Å². The van der Waals surface area contributed by atoms with Crippen LogP contribution in [0.3, 0.4) is 0 Å². The Hall–Kier alpha value is -1.85. The van der Waals surface area contributed by atoms with Gasteiger partial charge < -0.3 is 11.1 Å². The van der Waals surface area contributed by atoms with Gasteiger partial charge in [0, 0.05) is 6.54 Å². The topological polar surface area (TPSA) is 94.1 Å². The molecule has 1 heterocycles. The molecule has 1 saturated carbocycles. The third-order valence-corrected chi connectivity index (χ3v) is 3.62. The molecular weight excluding hydrogens is 244 g/mol. The number of nitro groups is 1. The molecule has 1 fully saturated rings. The van der Waals surface area contributed by atoms with Crippen molar-refractivity contribution in [3.63, 3.8) is 0 Å². The second kappa shape index (κ2) is 6.36. The van der Waals surface area contributed by atoms with Crippen LogP contribution in [-0.4, -0.2) is 16.5 Å². The van der Waals surface area contributed by atoms with Crippen LogP contribution in [0.15, 0.2) is 12.1 Å². The van der Waals surface area contributed by atoms with Crippen molar-refractivity contribution in [3.8, 4) is 0 Å². The van der Waals surface area contributed by atoms with E-state index in [9.17, 15) is 10.1 Å². The Bertz CT molecular complexity index is 444. The Kier molecular flexibility index (Phi) is 4.54. The van der Waals surface area contributed by atoms with Crippen molar-refractivity contribution in [1.82, 2.24) is 4.98 Å². The van der Waals surface area contributed by atoms with Crippen LogP contribution < -0.4 is 11.1 Å². The van der Waals surface area contributed by atoms with E-state index in [2.05, 4.69) is 10.3 Å². The highest BCUT2D eigenvalue weighted by molar-refractivity contribution is 5.52. The molecule has 1 aliphatic rings. The van der Waals surface area contributed by atoms with Gasteiger partial charge in [-0.15, -0.1) is 0 Å². The molecule has 19 heavy (non-hydrogen) atoms. The second-order valence-electron chi connectivity index (χ2n) is 5.11. The van der Waals surface area contributed by atoms with Crippen molar-refractivity contribution in [2.45, 2.75) is 38.5 Å². The zero-order chi connectivity index (χ0) is 13.7. The molecule has 0 bridgehead atoms. The molecule has 104 valence electrons. The molecule has 0 amide bonds. The number of nitrogen functional groups attached to an aromatic ring is 1. The summed E-state index contributed by atoms with van der Waals surface area (Å²) in [4.78, 5) is 14.3. The fraction of sp³-hybridized carbons (Fsp3) is 0.615. The number of nitrogens with two attached hydrogens (primary N) is 1. The molecule has 0 spiro atoms. The monoisotopic (exact) mass is 264 g/mol. The van der Waals surface area contributed by atoms with Crippen molar-refractivity contribution in [3.05, 3.63) is 22.2 Å². The van der Waals surface area contributed by atoms with Gasteiger partial charge in [-0.25, -0.2) is 4.98 Å². The van der Waals surface area contributed by atoms with E-state index in [1.807, 2.05) is 0 Å². The lowest BCUT2D eigenvalue weighted by Gasteiger charge is -2.21. The van der Waals surface area contributed by atoms with Gasteiger partial charge in [0.1, 0.15) is 11.6 Å². The Morgan fingerprint density at radius 1 is 1.37 bits per heavy atom. The van der Waals surface area contributed by atoms with Crippen molar-refractivity contribution < 1.29 is 4.92 Å². The Balaban J connectivity index is 1.86. The Morgan fingerprint density at radius 3 is 2.79 bits per heavy atom. The van der Waals surface area contributed by atoms with Crippen LogP contribution in [-0.2, 0) is 0 Å². The average molecular weight is 264 g/mol. The van der Waals surface area contributed by atoms with Crippen molar-refractivity contribution >= 4 is 17.3 Å². The first kappa shape index (κ1) is 13.6. The smallest absolute Gasteiger partial charge is 0.276 e. The highest BCUT2D eigenvalue weighted by Gasteiger charge is 2.13. The minimum Gasteiger partial charge on any atom is -0.383 e. The number of aromatic nitrogens is 1. The van der Waals surface area contributed by atoms with Gasteiger partial charge in [0.05, 0.1) is 17.1 Å². The highest BCUT2D eigenvalue weighted by Crippen LogP contribution is 2.26. The summed E-state index contributed by atoms with van der Waals surface area (Å²) in [5, 5.41) is 13.9. The first-order chi connectivity index (χ1) is 9.15. The number of hydrogen-bond acceptors (Lipinski definition) is 5. The quantitative estimate of drug-likeness (QED) is 0.629. The summed E-state index contributed by atoms with van der Waals surface area (Å²) in [5.74, 6) is 1.44. The summed E-state index contributed by atoms with van der Waals surface area (Å²) in [5.41, 5.74) is 5.54. The first-order valence-corrected chi connectivity index (χ1v) is 6.81. The maximum absolute atomic E-state index is 10.7. The number of anilines is 2. The fourth-order valence-electron chi connectivity index (χ4n) is 2.61. The molecule has 3 N–H and O–H groups in total. The van der Waals surface area contributed by atoms with E-state index in [1.54, 1.807) is 0 Å². The molecule has 0 unspecified atom stereocenters. The summed E-state index contributed by atoms with van der Waals surface area (Å²) >= 11 is 0. The molecule has 6 nitrogen and oxygen atoms in total. The highest BCUT2D eigenvalue weighted by atomic mass is 16.6. The minimum atomic E-state index is -0.454. The molecular formula is C13H20N4O2.